The molecule has 3 rings (SSSR count). The predicted molar refractivity (Wildman–Crippen MR) is 155 cm³/mol. The van der Waals surface area contributed by atoms with Gasteiger partial charge in [-0.1, -0.05) is 96.8 Å². The lowest BCUT2D eigenvalue weighted by Gasteiger charge is -2.39. The monoisotopic (exact) mass is 598 g/mol. The largest absolute Gasteiger partial charge is 0.456 e. The second-order valence-corrected chi connectivity index (χ2v) is 11.5. The van der Waals surface area contributed by atoms with Gasteiger partial charge in [0.05, 0.1) is 6.61 Å². The molecule has 5 atom stereocenters. The van der Waals surface area contributed by atoms with Gasteiger partial charge in [-0.05, 0) is 24.5 Å². The number of unbranched alkanes of at least 4 members (excludes halogenated alkanes) is 14. The number of hydrogen-bond acceptors (Lipinski definition) is 8. The van der Waals surface area contributed by atoms with Gasteiger partial charge in [0.25, 0.3) is 0 Å². The summed E-state index contributed by atoms with van der Waals surface area (Å²) < 4.78 is 45.8. The molecule has 1 fully saturated rings. The number of aryl methyl sites for hydroxylation is 1. The van der Waals surface area contributed by atoms with Gasteiger partial charge < -0.3 is 34.3 Å². The molecule has 0 spiro atoms. The zero-order chi connectivity index (χ0) is 30.5. The Kier molecular flexibility index (Phi) is 14.6. The maximum atomic E-state index is 15.4. The first-order chi connectivity index (χ1) is 20.3. The van der Waals surface area contributed by atoms with Crippen LogP contribution in [0.15, 0.2) is 21.3 Å². The Morgan fingerprint density at radius 2 is 1.33 bits per heavy atom. The van der Waals surface area contributed by atoms with Crippen LogP contribution in [0.4, 0.5) is 8.78 Å². The zero-order valence-corrected chi connectivity index (χ0v) is 24.7. The minimum Gasteiger partial charge on any atom is -0.456 e. The Bertz CT molecular complexity index is 1140. The van der Waals surface area contributed by atoms with Crippen LogP contribution in [0, 0.1) is 11.6 Å². The van der Waals surface area contributed by atoms with E-state index in [2.05, 4.69) is 6.92 Å². The summed E-state index contributed by atoms with van der Waals surface area (Å²) in [7, 11) is 0. The van der Waals surface area contributed by atoms with E-state index in [9.17, 15) is 25.2 Å². The lowest BCUT2D eigenvalue weighted by atomic mass is 9.99. The molecule has 2 aromatic rings. The standard InChI is InChI=1S/C32H48F2O8/c1-2-3-4-5-6-7-8-9-10-11-12-13-14-15-16-17-21-18-25(36)41-30-22(21)19-23(33)31(26(30)34)42-32-29(39)28(38)27(37)24(20-35)40-32/h18-19,24,27-29,32,35,37-39H,2-17,20H2,1H3/t24-,27+,28+,29-,32?/m1/s1. The van der Waals surface area contributed by atoms with Crippen molar-refractivity contribution in [3.63, 3.8) is 0 Å². The average molecular weight is 599 g/mol. The van der Waals surface area contributed by atoms with Crippen molar-refractivity contribution >= 4 is 11.0 Å². The lowest BCUT2D eigenvalue weighted by molar-refractivity contribution is -0.278. The summed E-state index contributed by atoms with van der Waals surface area (Å²) in [6, 6.07) is 2.24. The number of aliphatic hydroxyl groups is 4. The highest BCUT2D eigenvalue weighted by Gasteiger charge is 2.45. The molecule has 0 bridgehead atoms. The molecule has 238 valence electrons. The normalized spacial score (nSPS) is 22.6. The number of hydrogen-bond donors (Lipinski definition) is 4. The van der Waals surface area contributed by atoms with E-state index in [1.807, 2.05) is 0 Å². The Hall–Kier alpha value is -2.11. The molecule has 4 N–H and O–H groups in total. The van der Waals surface area contributed by atoms with Crippen LogP contribution in [0.5, 0.6) is 5.75 Å². The first kappa shape index (κ1) is 34.4. The van der Waals surface area contributed by atoms with E-state index in [1.165, 1.54) is 76.7 Å². The van der Waals surface area contributed by atoms with E-state index in [0.717, 1.165) is 31.7 Å². The SMILES string of the molecule is CCCCCCCCCCCCCCCCCc1cc(=O)oc2c(F)c(OC3O[C@H](CO)[C@H](O)[C@H](O)[C@H]3O)c(F)cc12. The van der Waals surface area contributed by atoms with Gasteiger partial charge in [0.1, 0.15) is 24.4 Å². The van der Waals surface area contributed by atoms with Gasteiger partial charge in [0.15, 0.2) is 17.1 Å². The van der Waals surface area contributed by atoms with Gasteiger partial charge in [-0.15, -0.1) is 0 Å². The van der Waals surface area contributed by atoms with E-state index < -0.39 is 65.9 Å². The van der Waals surface area contributed by atoms with E-state index >= 15 is 8.78 Å². The van der Waals surface area contributed by atoms with Crippen molar-refractivity contribution in [3.05, 3.63) is 39.8 Å². The highest BCUT2D eigenvalue weighted by Crippen LogP contribution is 2.34. The second-order valence-electron chi connectivity index (χ2n) is 11.5. The zero-order valence-electron chi connectivity index (χ0n) is 24.7. The third-order valence-corrected chi connectivity index (χ3v) is 8.10. The van der Waals surface area contributed by atoms with Crippen LogP contribution < -0.4 is 10.4 Å². The molecule has 0 aliphatic carbocycles. The molecule has 1 saturated heterocycles. The first-order valence-electron chi connectivity index (χ1n) is 15.7. The molecule has 2 heterocycles. The maximum absolute atomic E-state index is 15.4. The summed E-state index contributed by atoms with van der Waals surface area (Å²) in [5, 5.41) is 39.5. The van der Waals surface area contributed by atoms with E-state index in [-0.39, 0.29) is 5.39 Å². The van der Waals surface area contributed by atoms with Crippen LogP contribution in [-0.4, -0.2) is 57.7 Å². The molecule has 0 saturated carbocycles. The van der Waals surface area contributed by atoms with Gasteiger partial charge >= 0.3 is 5.63 Å². The quantitative estimate of drug-likeness (QED) is 0.120. The minimum atomic E-state index is -1.86. The van der Waals surface area contributed by atoms with Crippen LogP contribution in [0.25, 0.3) is 11.0 Å². The van der Waals surface area contributed by atoms with Gasteiger partial charge in [-0.25, -0.2) is 9.18 Å². The lowest BCUT2D eigenvalue weighted by Crippen LogP contribution is -2.60. The van der Waals surface area contributed by atoms with Crippen molar-refractivity contribution < 1.29 is 43.1 Å². The van der Waals surface area contributed by atoms with Crippen molar-refractivity contribution in [2.24, 2.45) is 0 Å². The summed E-state index contributed by atoms with van der Waals surface area (Å²) in [6.07, 6.45) is 10.3. The average Bonchev–Trinajstić information content (AvgIpc) is 2.97. The first-order valence-corrected chi connectivity index (χ1v) is 15.7. The molecule has 1 aliphatic heterocycles. The Morgan fingerprint density at radius 1 is 0.786 bits per heavy atom. The molecule has 1 unspecified atom stereocenters. The smallest absolute Gasteiger partial charge is 0.336 e. The number of rotatable bonds is 19. The third kappa shape index (κ3) is 9.71. The van der Waals surface area contributed by atoms with Crippen molar-refractivity contribution in [1.29, 1.82) is 0 Å². The molecule has 42 heavy (non-hydrogen) atoms. The fraction of sp³-hybridized carbons (Fsp3) is 0.719. The molecule has 8 nitrogen and oxygen atoms in total. The van der Waals surface area contributed by atoms with Crippen molar-refractivity contribution in [2.75, 3.05) is 6.61 Å². The molecule has 1 aromatic carbocycles. The van der Waals surface area contributed by atoms with Crippen molar-refractivity contribution in [1.82, 2.24) is 0 Å². The number of fused-ring (bicyclic) bond motifs is 1. The highest BCUT2D eigenvalue weighted by molar-refractivity contribution is 5.82. The summed E-state index contributed by atoms with van der Waals surface area (Å²) in [5.41, 5.74) is -0.810. The Labute approximate surface area is 246 Å². The summed E-state index contributed by atoms with van der Waals surface area (Å²) in [4.78, 5) is 12.2. The van der Waals surface area contributed by atoms with Crippen molar-refractivity contribution in [2.45, 2.75) is 140 Å². The van der Waals surface area contributed by atoms with Gasteiger partial charge in [-0.2, -0.15) is 4.39 Å². The van der Waals surface area contributed by atoms with E-state index in [1.54, 1.807) is 0 Å². The Morgan fingerprint density at radius 3 is 1.88 bits per heavy atom. The van der Waals surface area contributed by atoms with Gasteiger partial charge in [0.2, 0.25) is 12.1 Å². The molecule has 0 radical (unpaired) electrons. The van der Waals surface area contributed by atoms with Crippen LogP contribution in [-0.2, 0) is 11.2 Å². The van der Waals surface area contributed by atoms with Crippen molar-refractivity contribution in [3.8, 4) is 5.75 Å². The van der Waals surface area contributed by atoms with Crippen LogP contribution in [0.2, 0.25) is 0 Å². The molecular weight excluding hydrogens is 550 g/mol. The molecular formula is C32H48F2O8. The van der Waals surface area contributed by atoms with E-state index in [4.69, 9.17) is 13.9 Å². The Balaban J connectivity index is 1.47. The summed E-state index contributed by atoms with van der Waals surface area (Å²) in [5.74, 6) is -3.39. The summed E-state index contributed by atoms with van der Waals surface area (Å²) >= 11 is 0. The highest BCUT2D eigenvalue weighted by atomic mass is 19.1. The molecule has 0 amide bonds. The molecule has 10 heteroatoms. The topological polar surface area (TPSA) is 130 Å². The summed E-state index contributed by atoms with van der Waals surface area (Å²) in [6.45, 7) is 1.51. The molecule has 1 aromatic heterocycles. The van der Waals surface area contributed by atoms with Crippen LogP contribution in [0.1, 0.15) is 109 Å². The maximum Gasteiger partial charge on any atom is 0.336 e. The minimum absolute atomic E-state index is 0.108. The fourth-order valence-corrected chi connectivity index (χ4v) is 5.55. The predicted octanol–water partition coefficient (Wildman–Crippen LogP) is 5.66. The second kappa shape index (κ2) is 17.9. The number of halogens is 2. The fourth-order valence-electron chi connectivity index (χ4n) is 5.55. The number of aliphatic hydroxyl groups excluding tert-OH is 4. The van der Waals surface area contributed by atoms with Crippen LogP contribution in [0.3, 0.4) is 0 Å². The van der Waals surface area contributed by atoms with E-state index in [0.29, 0.717) is 12.0 Å². The number of ether oxygens (including phenoxy) is 2. The van der Waals surface area contributed by atoms with Crippen LogP contribution >= 0.6 is 0 Å². The number of benzene rings is 1. The third-order valence-electron chi connectivity index (χ3n) is 8.10. The molecule has 1 aliphatic rings. The van der Waals surface area contributed by atoms with Gasteiger partial charge in [0, 0.05) is 11.5 Å². The van der Waals surface area contributed by atoms with Gasteiger partial charge in [-0.3, -0.25) is 0 Å².